The van der Waals surface area contributed by atoms with Gasteiger partial charge in [-0.2, -0.15) is 0 Å². The molecule has 2 aromatic heterocycles. The van der Waals surface area contributed by atoms with Gasteiger partial charge in [-0.3, -0.25) is 4.79 Å². The molecule has 4 heterocycles. The van der Waals surface area contributed by atoms with E-state index < -0.39 is 11.7 Å². The summed E-state index contributed by atoms with van der Waals surface area (Å²) in [7, 11) is 3.59. The Morgan fingerprint density at radius 3 is 2.52 bits per heavy atom. The molecular formula is C37H47N7O6. The molecule has 2 N–H and O–H groups in total. The fourth-order valence-corrected chi connectivity index (χ4v) is 7.16. The number of nitrogens with zero attached hydrogens (tertiary/aromatic N) is 5. The van der Waals surface area contributed by atoms with Crippen molar-refractivity contribution < 1.29 is 28.6 Å². The van der Waals surface area contributed by atoms with Gasteiger partial charge in [0.15, 0.2) is 5.82 Å². The van der Waals surface area contributed by atoms with Crippen LogP contribution in [0.4, 0.5) is 15.3 Å². The summed E-state index contributed by atoms with van der Waals surface area (Å²) in [6.45, 7) is 9.23. The zero-order valence-corrected chi connectivity index (χ0v) is 29.6. The summed E-state index contributed by atoms with van der Waals surface area (Å²) in [6, 6.07) is 12.2. The number of amides is 3. The maximum atomic E-state index is 13.9. The number of nitrogens with one attached hydrogen (secondary N) is 2. The lowest BCUT2D eigenvalue weighted by molar-refractivity contribution is 0.0452. The predicted molar refractivity (Wildman–Crippen MR) is 191 cm³/mol. The number of benzene rings is 2. The van der Waals surface area contributed by atoms with E-state index in [0.29, 0.717) is 36.5 Å². The minimum atomic E-state index is -0.596. The lowest BCUT2D eigenvalue weighted by Gasteiger charge is -2.33. The van der Waals surface area contributed by atoms with Crippen molar-refractivity contribution in [1.29, 1.82) is 0 Å². The minimum Gasteiger partial charge on any atom is -0.494 e. The Labute approximate surface area is 291 Å². The first kappa shape index (κ1) is 33.6. The van der Waals surface area contributed by atoms with Crippen molar-refractivity contribution in [3.05, 3.63) is 42.0 Å². The molecule has 0 radical (unpaired) electrons. The van der Waals surface area contributed by atoms with Crippen molar-refractivity contribution in [2.75, 3.05) is 44.8 Å². The van der Waals surface area contributed by atoms with Gasteiger partial charge in [-0.15, -0.1) is 0 Å². The SMILES string of the molecule is COc1cc(C(=O)N2CCC[C@@H](NC(=O)OC(C)(C)C)C2)cc2nc(-c3cc4cccc5c4n3CCN5CCCOC(=O)NC3CC3)n(C)c12. The predicted octanol–water partition coefficient (Wildman–Crippen LogP) is 5.43. The van der Waals surface area contributed by atoms with Crippen LogP contribution in [0.2, 0.25) is 0 Å². The summed E-state index contributed by atoms with van der Waals surface area (Å²) in [4.78, 5) is 47.4. The van der Waals surface area contributed by atoms with Gasteiger partial charge in [0.2, 0.25) is 0 Å². The van der Waals surface area contributed by atoms with E-state index in [1.165, 1.54) is 0 Å². The highest BCUT2D eigenvalue weighted by Gasteiger charge is 2.30. The van der Waals surface area contributed by atoms with Crippen molar-refractivity contribution in [3.63, 3.8) is 0 Å². The Morgan fingerprint density at radius 1 is 0.960 bits per heavy atom. The largest absolute Gasteiger partial charge is 0.494 e. The smallest absolute Gasteiger partial charge is 0.407 e. The molecule has 1 aliphatic carbocycles. The first-order chi connectivity index (χ1) is 24.0. The molecule has 1 saturated carbocycles. The topological polar surface area (TPSA) is 132 Å². The van der Waals surface area contributed by atoms with Crippen molar-refractivity contribution >= 4 is 45.7 Å². The average molecular weight is 686 g/mol. The molecule has 1 atom stereocenters. The number of hydrogen-bond donors (Lipinski definition) is 2. The average Bonchev–Trinajstić information content (AvgIpc) is 3.72. The zero-order valence-electron chi connectivity index (χ0n) is 29.6. The van der Waals surface area contributed by atoms with Crippen LogP contribution in [0.25, 0.3) is 33.5 Å². The van der Waals surface area contributed by atoms with Crippen LogP contribution in [0.5, 0.6) is 5.75 Å². The van der Waals surface area contributed by atoms with Crippen LogP contribution in [0.15, 0.2) is 36.4 Å². The molecule has 0 unspecified atom stereocenters. The molecule has 2 fully saturated rings. The number of methoxy groups -OCH3 is 1. The normalized spacial score (nSPS) is 17.6. The summed E-state index contributed by atoms with van der Waals surface area (Å²) in [6.07, 6.45) is 3.56. The molecule has 3 amide bonds. The Balaban J connectivity index is 1.11. The molecule has 0 bridgehead atoms. The van der Waals surface area contributed by atoms with Gasteiger partial charge in [-0.05, 0) is 77.1 Å². The van der Waals surface area contributed by atoms with E-state index in [-0.39, 0.29) is 24.1 Å². The highest BCUT2D eigenvalue weighted by atomic mass is 16.6. The van der Waals surface area contributed by atoms with Gasteiger partial charge in [-0.25, -0.2) is 14.6 Å². The third-order valence-electron chi connectivity index (χ3n) is 9.60. The molecule has 13 nitrogen and oxygen atoms in total. The van der Waals surface area contributed by atoms with Gasteiger partial charge >= 0.3 is 12.2 Å². The number of rotatable bonds is 9. The lowest BCUT2D eigenvalue weighted by atomic mass is 10.0. The van der Waals surface area contributed by atoms with Crippen LogP contribution in [0.1, 0.15) is 63.2 Å². The molecule has 3 aliphatic rings. The maximum Gasteiger partial charge on any atom is 0.407 e. The standard InChI is InChI=1S/C37H47N7O6/c1-37(2,3)50-36(47)39-26-10-7-14-43(22-26)34(45)24-19-27-32(30(21-24)48-5)41(4)33(40-27)29-20-23-9-6-11-28-31(23)44(29)17-16-42(28)15-8-18-49-35(46)38-25-12-13-25/h6,9,11,19-21,25-26H,7-8,10,12-18,22H2,1-5H3,(H,38,46)(H,39,47)/t26-/m1/s1. The number of ether oxygens (including phenoxy) is 3. The van der Waals surface area contributed by atoms with E-state index in [1.807, 2.05) is 38.5 Å². The number of anilines is 1. The highest BCUT2D eigenvalue weighted by molar-refractivity contribution is 6.01. The number of carbonyl (C=O) groups is 3. The second-order valence-corrected chi connectivity index (χ2v) is 14.6. The number of imidazole rings is 1. The first-order valence-electron chi connectivity index (χ1n) is 17.6. The molecule has 266 valence electrons. The van der Waals surface area contributed by atoms with Gasteiger partial charge in [0, 0.05) is 62.8 Å². The summed E-state index contributed by atoms with van der Waals surface area (Å²) in [5, 5.41) is 6.92. The number of piperidine rings is 1. The number of alkyl carbamates (subject to hydrolysis) is 2. The third-order valence-corrected chi connectivity index (χ3v) is 9.60. The van der Waals surface area contributed by atoms with Crippen LogP contribution in [-0.4, -0.2) is 94.7 Å². The van der Waals surface area contributed by atoms with E-state index in [2.05, 4.69) is 44.4 Å². The van der Waals surface area contributed by atoms with Gasteiger partial charge in [0.05, 0.1) is 36.1 Å². The van der Waals surface area contributed by atoms with Crippen molar-refractivity contribution in [2.24, 2.45) is 7.05 Å². The summed E-state index contributed by atoms with van der Waals surface area (Å²) in [5.41, 5.74) is 4.67. The number of hydrogen-bond acceptors (Lipinski definition) is 8. The Kier molecular flexibility index (Phi) is 9.00. The first-order valence-corrected chi connectivity index (χ1v) is 17.6. The molecule has 50 heavy (non-hydrogen) atoms. The molecule has 13 heteroatoms. The third kappa shape index (κ3) is 6.90. The van der Waals surface area contributed by atoms with Crippen LogP contribution < -0.4 is 20.3 Å². The number of carbonyl (C=O) groups excluding carboxylic acids is 3. The van der Waals surface area contributed by atoms with Crippen LogP contribution >= 0.6 is 0 Å². The van der Waals surface area contributed by atoms with Crippen molar-refractivity contribution in [1.82, 2.24) is 29.7 Å². The van der Waals surface area contributed by atoms with Gasteiger partial charge < -0.3 is 43.8 Å². The Bertz CT molecular complexity index is 1940. The quantitative estimate of drug-likeness (QED) is 0.223. The monoisotopic (exact) mass is 685 g/mol. The molecular weight excluding hydrogens is 638 g/mol. The molecule has 1 saturated heterocycles. The van der Waals surface area contributed by atoms with Crippen LogP contribution in [-0.2, 0) is 23.1 Å². The van der Waals surface area contributed by atoms with Gasteiger partial charge in [0.25, 0.3) is 5.91 Å². The number of aryl methyl sites for hydroxylation is 1. The van der Waals surface area contributed by atoms with Gasteiger partial charge in [-0.1, -0.05) is 12.1 Å². The lowest BCUT2D eigenvalue weighted by Crippen LogP contribution is -2.50. The number of aromatic nitrogens is 3. The second kappa shape index (κ2) is 13.4. The molecule has 0 spiro atoms. The number of fused-ring (bicyclic) bond motifs is 1. The summed E-state index contributed by atoms with van der Waals surface area (Å²) < 4.78 is 21.0. The maximum absolute atomic E-state index is 13.9. The Hall–Kier alpha value is -4.94. The molecule has 7 rings (SSSR count). The molecule has 2 aromatic carbocycles. The number of para-hydroxylation sites is 1. The summed E-state index contributed by atoms with van der Waals surface area (Å²) in [5.74, 6) is 1.23. The highest BCUT2D eigenvalue weighted by Crippen LogP contribution is 2.39. The van der Waals surface area contributed by atoms with Gasteiger partial charge in [0.1, 0.15) is 16.9 Å². The zero-order chi connectivity index (χ0) is 35.2. The van der Waals surface area contributed by atoms with Crippen LogP contribution in [0.3, 0.4) is 0 Å². The minimum absolute atomic E-state index is 0.129. The summed E-state index contributed by atoms with van der Waals surface area (Å²) >= 11 is 0. The fourth-order valence-electron chi connectivity index (χ4n) is 7.16. The van der Waals surface area contributed by atoms with E-state index in [9.17, 15) is 14.4 Å². The van der Waals surface area contributed by atoms with Crippen molar-refractivity contribution in [2.45, 2.75) is 77.1 Å². The second-order valence-electron chi connectivity index (χ2n) is 14.6. The van der Waals surface area contributed by atoms with E-state index in [0.717, 1.165) is 85.4 Å². The number of likely N-dealkylation sites (tertiary alicyclic amines) is 1. The Morgan fingerprint density at radius 2 is 1.76 bits per heavy atom. The van der Waals surface area contributed by atoms with Crippen molar-refractivity contribution in [3.8, 4) is 17.3 Å². The molecule has 2 aliphatic heterocycles. The van der Waals surface area contributed by atoms with Crippen LogP contribution in [0, 0.1) is 0 Å². The van der Waals surface area contributed by atoms with E-state index >= 15 is 0 Å². The fraction of sp³-hybridized carbons (Fsp3) is 0.514. The van der Waals surface area contributed by atoms with E-state index in [4.69, 9.17) is 19.2 Å². The van der Waals surface area contributed by atoms with E-state index in [1.54, 1.807) is 18.1 Å². The molecule has 4 aromatic rings.